The molecule has 0 fully saturated rings. The van der Waals surface area contributed by atoms with Crippen LogP contribution in [0.15, 0.2) is 66.2 Å². The number of ether oxygens (including phenoxy) is 1. The lowest BCUT2D eigenvalue weighted by Gasteiger charge is -2.35. The maximum atomic E-state index is 13.5. The second-order valence-electron chi connectivity index (χ2n) is 8.84. The van der Waals surface area contributed by atoms with E-state index in [1.807, 2.05) is 55.0 Å². The Hall–Kier alpha value is -3.61. The van der Waals surface area contributed by atoms with E-state index < -0.39 is 5.72 Å². The zero-order valence-electron chi connectivity index (χ0n) is 20.3. The van der Waals surface area contributed by atoms with Crippen molar-refractivity contribution in [2.24, 2.45) is 11.1 Å². The summed E-state index contributed by atoms with van der Waals surface area (Å²) in [7, 11) is 1.66. The molecule has 1 aliphatic rings. The van der Waals surface area contributed by atoms with Crippen LogP contribution in [0, 0.1) is 18.7 Å². The van der Waals surface area contributed by atoms with E-state index in [9.17, 15) is 4.39 Å². The first-order valence-electron chi connectivity index (χ1n) is 11.5. The smallest absolute Gasteiger partial charge is 0.234 e. The van der Waals surface area contributed by atoms with Crippen LogP contribution < -0.4 is 4.74 Å². The average molecular weight is 463 g/mol. The third kappa shape index (κ3) is 4.69. The number of hydrogen-bond acceptors (Lipinski definition) is 5. The molecule has 1 aromatic heterocycles. The van der Waals surface area contributed by atoms with Crippen LogP contribution in [0.1, 0.15) is 44.0 Å². The van der Waals surface area contributed by atoms with Gasteiger partial charge in [0.05, 0.1) is 24.8 Å². The van der Waals surface area contributed by atoms with Crippen molar-refractivity contribution in [3.63, 3.8) is 0 Å². The van der Waals surface area contributed by atoms with Crippen molar-refractivity contribution in [1.29, 1.82) is 0 Å². The van der Waals surface area contributed by atoms with Gasteiger partial charge < -0.3 is 19.0 Å². The van der Waals surface area contributed by atoms with Crippen LogP contribution >= 0.6 is 0 Å². The molecule has 2 atom stereocenters. The first-order chi connectivity index (χ1) is 16.3. The Bertz CT molecular complexity index is 1200. The average Bonchev–Trinajstić information content (AvgIpc) is 3.41. The molecule has 2 aromatic carbocycles. The van der Waals surface area contributed by atoms with Crippen LogP contribution in [0.3, 0.4) is 0 Å². The van der Waals surface area contributed by atoms with E-state index in [0.29, 0.717) is 5.92 Å². The zero-order chi connectivity index (χ0) is 24.3. The highest BCUT2D eigenvalue weighted by Gasteiger charge is 2.43. The van der Waals surface area contributed by atoms with Gasteiger partial charge in [-0.25, -0.2) is 9.37 Å². The summed E-state index contributed by atoms with van der Waals surface area (Å²) in [6.07, 6.45) is 8.71. The topological polar surface area (TPSA) is 51.9 Å². The van der Waals surface area contributed by atoms with Crippen molar-refractivity contribution in [1.82, 2.24) is 14.5 Å². The van der Waals surface area contributed by atoms with Gasteiger partial charge in [-0.05, 0) is 48.7 Å². The molecule has 34 heavy (non-hydrogen) atoms. The van der Waals surface area contributed by atoms with Gasteiger partial charge in [-0.15, -0.1) is 0 Å². The van der Waals surface area contributed by atoms with Crippen LogP contribution in [-0.2, 0) is 10.6 Å². The monoisotopic (exact) mass is 462 g/mol. The number of benzene rings is 2. The fraction of sp³-hybridized carbons (Fsp3) is 0.333. The molecule has 0 bridgehead atoms. The number of hydrogen-bond donors (Lipinski definition) is 0. The standard InChI is InChI=1S/C27H31FN4O2/c1-6-19(2)16-32-26(30-34-27(32,4)22-9-11-23(28)12-10-22)14-8-21-7-13-24(25(15-21)33-5)31-17-20(3)29-18-31/h7-15,17-19H,6,16H2,1-5H3/b14-8+. The molecule has 0 aliphatic carbocycles. The van der Waals surface area contributed by atoms with E-state index in [1.165, 1.54) is 12.1 Å². The molecule has 2 heterocycles. The number of amidine groups is 1. The van der Waals surface area contributed by atoms with E-state index in [1.54, 1.807) is 25.6 Å². The Morgan fingerprint density at radius 2 is 1.94 bits per heavy atom. The normalized spacial score (nSPS) is 18.8. The van der Waals surface area contributed by atoms with Gasteiger partial charge in [-0.1, -0.05) is 49.7 Å². The molecule has 4 rings (SSSR count). The molecule has 178 valence electrons. The van der Waals surface area contributed by atoms with Crippen molar-refractivity contribution >= 4 is 11.9 Å². The van der Waals surface area contributed by atoms with E-state index in [2.05, 4.69) is 28.9 Å². The lowest BCUT2D eigenvalue weighted by atomic mass is 10.00. The Balaban J connectivity index is 1.61. The van der Waals surface area contributed by atoms with E-state index in [-0.39, 0.29) is 5.82 Å². The van der Waals surface area contributed by atoms with Crippen LogP contribution in [0.5, 0.6) is 5.75 Å². The maximum Gasteiger partial charge on any atom is 0.234 e. The van der Waals surface area contributed by atoms with Crippen LogP contribution in [-0.4, -0.2) is 33.9 Å². The summed E-state index contributed by atoms with van der Waals surface area (Å²) in [6.45, 7) is 9.05. The van der Waals surface area contributed by atoms with Gasteiger partial charge in [0, 0.05) is 25.2 Å². The molecule has 0 radical (unpaired) electrons. The molecule has 0 N–H and O–H groups in total. The Morgan fingerprint density at radius 1 is 1.18 bits per heavy atom. The predicted molar refractivity (Wildman–Crippen MR) is 132 cm³/mol. The Labute approximate surface area is 200 Å². The van der Waals surface area contributed by atoms with Gasteiger partial charge in [0.15, 0.2) is 5.84 Å². The Kier molecular flexibility index (Phi) is 6.72. The summed E-state index contributed by atoms with van der Waals surface area (Å²) in [5.41, 5.74) is 2.88. The van der Waals surface area contributed by atoms with Crippen LogP contribution in [0.4, 0.5) is 4.39 Å². The minimum Gasteiger partial charge on any atom is -0.495 e. The second-order valence-corrected chi connectivity index (χ2v) is 8.84. The van der Waals surface area contributed by atoms with Crippen molar-refractivity contribution in [2.75, 3.05) is 13.7 Å². The van der Waals surface area contributed by atoms with Crippen molar-refractivity contribution in [3.05, 3.63) is 83.7 Å². The number of methoxy groups -OCH3 is 1. The molecule has 3 aromatic rings. The number of nitrogens with zero attached hydrogens (tertiary/aromatic N) is 4. The minimum atomic E-state index is -0.808. The summed E-state index contributed by atoms with van der Waals surface area (Å²) >= 11 is 0. The van der Waals surface area contributed by atoms with Crippen LogP contribution in [0.25, 0.3) is 11.8 Å². The second kappa shape index (κ2) is 9.71. The summed E-state index contributed by atoms with van der Waals surface area (Å²) in [5, 5.41) is 4.40. The lowest BCUT2D eigenvalue weighted by molar-refractivity contribution is -0.0938. The number of aryl methyl sites for hydroxylation is 1. The van der Waals surface area contributed by atoms with Crippen molar-refractivity contribution in [3.8, 4) is 11.4 Å². The SMILES string of the molecule is CCC(C)CN1C(/C=C/c2ccc(-n3cnc(C)c3)c(OC)c2)=NOC1(C)c1ccc(F)cc1. The number of rotatable bonds is 8. The fourth-order valence-corrected chi connectivity index (χ4v) is 3.98. The molecule has 2 unspecified atom stereocenters. The quantitative estimate of drug-likeness (QED) is 0.418. The third-order valence-corrected chi connectivity index (χ3v) is 6.30. The van der Waals surface area contributed by atoms with Crippen molar-refractivity contribution in [2.45, 2.75) is 39.8 Å². The predicted octanol–water partition coefficient (Wildman–Crippen LogP) is 5.91. The largest absolute Gasteiger partial charge is 0.495 e. The van der Waals surface area contributed by atoms with Gasteiger partial charge >= 0.3 is 0 Å². The lowest BCUT2D eigenvalue weighted by Crippen LogP contribution is -2.45. The van der Waals surface area contributed by atoms with Crippen molar-refractivity contribution < 1.29 is 14.0 Å². The third-order valence-electron chi connectivity index (χ3n) is 6.30. The highest BCUT2D eigenvalue weighted by molar-refractivity contribution is 5.97. The van der Waals surface area contributed by atoms with E-state index in [0.717, 1.165) is 47.1 Å². The maximum absolute atomic E-state index is 13.5. The minimum absolute atomic E-state index is 0.275. The first-order valence-corrected chi connectivity index (χ1v) is 11.5. The first kappa shape index (κ1) is 23.5. The molecule has 7 heteroatoms. The molecule has 1 aliphatic heterocycles. The van der Waals surface area contributed by atoms with Gasteiger partial charge in [-0.3, -0.25) is 0 Å². The highest BCUT2D eigenvalue weighted by Crippen LogP contribution is 2.36. The molecular formula is C27H31FN4O2. The summed E-state index contributed by atoms with van der Waals surface area (Å²) in [6, 6.07) is 12.4. The van der Waals surface area contributed by atoms with Gasteiger partial charge in [0.1, 0.15) is 11.6 Å². The van der Waals surface area contributed by atoms with E-state index >= 15 is 0 Å². The van der Waals surface area contributed by atoms with Gasteiger partial charge in [0.2, 0.25) is 5.72 Å². The highest BCUT2D eigenvalue weighted by atomic mass is 19.1. The molecule has 0 saturated carbocycles. The molecule has 0 saturated heterocycles. The van der Waals surface area contributed by atoms with Gasteiger partial charge in [0.25, 0.3) is 0 Å². The molecule has 0 spiro atoms. The molecule has 0 amide bonds. The zero-order valence-corrected chi connectivity index (χ0v) is 20.3. The Morgan fingerprint density at radius 3 is 2.59 bits per heavy atom. The molecule has 6 nitrogen and oxygen atoms in total. The van der Waals surface area contributed by atoms with E-state index in [4.69, 9.17) is 9.57 Å². The number of aromatic nitrogens is 2. The summed E-state index contributed by atoms with van der Waals surface area (Å²) in [5.74, 6) is 1.62. The summed E-state index contributed by atoms with van der Waals surface area (Å²) < 4.78 is 21.1. The number of oxime groups is 1. The number of halogens is 1. The fourth-order valence-electron chi connectivity index (χ4n) is 3.98. The summed E-state index contributed by atoms with van der Waals surface area (Å²) in [4.78, 5) is 12.4. The van der Waals surface area contributed by atoms with Gasteiger partial charge in [-0.2, -0.15) is 0 Å². The number of imidazole rings is 1. The van der Waals surface area contributed by atoms with Crippen LogP contribution in [0.2, 0.25) is 0 Å². The molecular weight excluding hydrogens is 431 g/mol.